The Morgan fingerprint density at radius 1 is 1.17 bits per heavy atom. The van der Waals surface area contributed by atoms with Gasteiger partial charge in [-0.2, -0.15) is 0 Å². The first-order valence-electron chi connectivity index (χ1n) is 5.51. The van der Waals surface area contributed by atoms with Crippen molar-refractivity contribution in [1.82, 2.24) is 4.98 Å². The zero-order valence-corrected chi connectivity index (χ0v) is 9.91. The van der Waals surface area contributed by atoms with Crippen molar-refractivity contribution in [3.05, 3.63) is 69.5 Å². The van der Waals surface area contributed by atoms with Gasteiger partial charge < -0.3 is 0 Å². The quantitative estimate of drug-likeness (QED) is 0.609. The molecule has 18 heavy (non-hydrogen) atoms. The summed E-state index contributed by atoms with van der Waals surface area (Å²) in [5.41, 5.74) is 2.65. The van der Waals surface area contributed by atoms with Gasteiger partial charge in [0, 0.05) is 17.8 Å². The number of nitro benzene ring substituents is 1. The number of benzene rings is 1. The molecule has 90 valence electrons. The molecule has 0 spiro atoms. The summed E-state index contributed by atoms with van der Waals surface area (Å²) in [6, 6.07) is 12.2. The molecule has 0 N–H and O–H groups in total. The number of non-ortho nitro benzene ring substituents is 1. The van der Waals surface area contributed by atoms with Crippen molar-refractivity contribution in [2.24, 2.45) is 0 Å². The van der Waals surface area contributed by atoms with E-state index in [4.69, 9.17) is 0 Å². The summed E-state index contributed by atoms with van der Waals surface area (Å²) in [5, 5.41) is 10.6. The average Bonchev–Trinajstić information content (AvgIpc) is 2.37. The molecule has 0 aliphatic rings. The molecule has 0 radical (unpaired) electrons. The molecule has 0 aliphatic carbocycles. The Hall–Kier alpha value is -2.49. The number of aromatic nitrogens is 1. The van der Waals surface area contributed by atoms with Gasteiger partial charge in [-0.15, -0.1) is 0 Å². The first kappa shape index (κ1) is 12.0. The van der Waals surface area contributed by atoms with E-state index in [0.717, 1.165) is 17.0 Å². The average molecular weight is 240 g/mol. The van der Waals surface area contributed by atoms with E-state index < -0.39 is 4.92 Å². The van der Waals surface area contributed by atoms with Gasteiger partial charge in [-0.3, -0.25) is 15.1 Å². The number of nitrogens with zero attached hydrogens (tertiary/aromatic N) is 2. The first-order chi connectivity index (χ1) is 8.65. The Kier molecular flexibility index (Phi) is 3.48. The zero-order chi connectivity index (χ0) is 13.0. The highest BCUT2D eigenvalue weighted by molar-refractivity contribution is 5.69. The van der Waals surface area contributed by atoms with Crippen LogP contribution in [-0.2, 0) is 0 Å². The van der Waals surface area contributed by atoms with Crippen LogP contribution in [0.5, 0.6) is 0 Å². The van der Waals surface area contributed by atoms with Crippen molar-refractivity contribution in [2.45, 2.75) is 6.92 Å². The maximum Gasteiger partial charge on any atom is 0.270 e. The Morgan fingerprint density at radius 3 is 2.67 bits per heavy atom. The summed E-state index contributed by atoms with van der Waals surface area (Å²) < 4.78 is 0. The second-order valence-electron chi connectivity index (χ2n) is 3.89. The molecule has 0 fully saturated rings. The monoisotopic (exact) mass is 240 g/mol. The molecular formula is C14H12N2O2. The largest absolute Gasteiger partial charge is 0.270 e. The van der Waals surface area contributed by atoms with Crippen LogP contribution in [-0.4, -0.2) is 9.91 Å². The molecule has 0 atom stereocenters. The van der Waals surface area contributed by atoms with Crippen LogP contribution in [0.1, 0.15) is 17.0 Å². The molecule has 0 bridgehead atoms. The lowest BCUT2D eigenvalue weighted by Gasteiger charge is -1.96. The van der Waals surface area contributed by atoms with Crippen LogP contribution in [0.25, 0.3) is 12.2 Å². The minimum absolute atomic E-state index is 0.0920. The van der Waals surface area contributed by atoms with Crippen molar-refractivity contribution in [2.75, 3.05) is 0 Å². The Labute approximate surface area is 105 Å². The molecule has 4 heteroatoms. The Morgan fingerprint density at radius 2 is 1.94 bits per heavy atom. The smallest absolute Gasteiger partial charge is 0.258 e. The summed E-state index contributed by atoms with van der Waals surface area (Å²) in [5.74, 6) is 0. The summed E-state index contributed by atoms with van der Waals surface area (Å²) in [6.45, 7) is 1.92. The van der Waals surface area contributed by atoms with Gasteiger partial charge in [0.1, 0.15) is 0 Å². The highest BCUT2D eigenvalue weighted by atomic mass is 16.6. The molecule has 1 aromatic heterocycles. The van der Waals surface area contributed by atoms with E-state index in [-0.39, 0.29) is 5.69 Å². The summed E-state index contributed by atoms with van der Waals surface area (Å²) in [6.07, 6.45) is 3.65. The summed E-state index contributed by atoms with van der Waals surface area (Å²) in [7, 11) is 0. The van der Waals surface area contributed by atoms with Crippen LogP contribution < -0.4 is 0 Å². The van der Waals surface area contributed by atoms with Crippen molar-refractivity contribution in [1.29, 1.82) is 0 Å². The number of hydrogen-bond acceptors (Lipinski definition) is 3. The number of rotatable bonds is 3. The highest BCUT2D eigenvalue weighted by Crippen LogP contribution is 2.15. The molecule has 0 saturated carbocycles. The predicted octanol–water partition coefficient (Wildman–Crippen LogP) is 3.47. The Bertz CT molecular complexity index is 606. The van der Waals surface area contributed by atoms with Crippen LogP contribution in [0.3, 0.4) is 0 Å². The third-order valence-corrected chi connectivity index (χ3v) is 2.44. The van der Waals surface area contributed by atoms with Gasteiger partial charge in [-0.1, -0.05) is 24.3 Å². The van der Waals surface area contributed by atoms with E-state index in [1.807, 2.05) is 43.3 Å². The van der Waals surface area contributed by atoms with Crippen LogP contribution >= 0.6 is 0 Å². The van der Waals surface area contributed by atoms with Crippen LogP contribution in [0.4, 0.5) is 5.69 Å². The van der Waals surface area contributed by atoms with Crippen LogP contribution in [0, 0.1) is 17.0 Å². The first-order valence-corrected chi connectivity index (χ1v) is 5.51. The van der Waals surface area contributed by atoms with Crippen molar-refractivity contribution < 1.29 is 4.92 Å². The molecule has 1 heterocycles. The SMILES string of the molecule is Cc1cccc(/C=C/c2cccc([N+](=O)[O-])c2)n1. The number of aryl methyl sites for hydroxylation is 1. The lowest BCUT2D eigenvalue weighted by atomic mass is 10.1. The maximum absolute atomic E-state index is 10.6. The van der Waals surface area contributed by atoms with Gasteiger partial charge in [0.05, 0.1) is 10.6 Å². The van der Waals surface area contributed by atoms with Gasteiger partial charge in [0.25, 0.3) is 5.69 Å². The third-order valence-electron chi connectivity index (χ3n) is 2.44. The standard InChI is InChI=1S/C14H12N2O2/c1-11-4-2-6-13(15-11)9-8-12-5-3-7-14(10-12)16(17)18/h2-10H,1H3/b9-8+. The van der Waals surface area contributed by atoms with Gasteiger partial charge in [-0.25, -0.2) is 0 Å². The van der Waals surface area contributed by atoms with E-state index in [0.29, 0.717) is 0 Å². The number of nitro groups is 1. The molecule has 0 saturated heterocycles. The molecule has 2 rings (SSSR count). The fraction of sp³-hybridized carbons (Fsp3) is 0.0714. The third kappa shape index (κ3) is 3.01. The highest BCUT2D eigenvalue weighted by Gasteiger charge is 2.03. The second-order valence-corrected chi connectivity index (χ2v) is 3.89. The fourth-order valence-electron chi connectivity index (χ4n) is 1.58. The van der Waals surface area contributed by atoms with E-state index in [2.05, 4.69) is 4.98 Å². The van der Waals surface area contributed by atoms with E-state index in [9.17, 15) is 10.1 Å². The fourth-order valence-corrected chi connectivity index (χ4v) is 1.58. The zero-order valence-electron chi connectivity index (χ0n) is 9.91. The molecule has 2 aromatic rings. The van der Waals surface area contributed by atoms with Crippen molar-refractivity contribution in [3.8, 4) is 0 Å². The molecule has 0 unspecified atom stereocenters. The van der Waals surface area contributed by atoms with E-state index >= 15 is 0 Å². The Balaban J connectivity index is 2.23. The van der Waals surface area contributed by atoms with Crippen LogP contribution in [0.2, 0.25) is 0 Å². The minimum Gasteiger partial charge on any atom is -0.258 e. The van der Waals surface area contributed by atoms with Gasteiger partial charge >= 0.3 is 0 Å². The molecule has 1 aromatic carbocycles. The molecule has 0 aliphatic heterocycles. The van der Waals surface area contributed by atoms with E-state index in [1.54, 1.807) is 6.07 Å². The van der Waals surface area contributed by atoms with Gasteiger partial charge in [0.2, 0.25) is 0 Å². The van der Waals surface area contributed by atoms with Gasteiger partial charge in [0.15, 0.2) is 0 Å². The second kappa shape index (κ2) is 5.23. The summed E-state index contributed by atoms with van der Waals surface area (Å²) in [4.78, 5) is 14.6. The summed E-state index contributed by atoms with van der Waals surface area (Å²) >= 11 is 0. The van der Waals surface area contributed by atoms with Crippen molar-refractivity contribution >= 4 is 17.8 Å². The van der Waals surface area contributed by atoms with Crippen molar-refractivity contribution in [3.63, 3.8) is 0 Å². The van der Waals surface area contributed by atoms with E-state index in [1.165, 1.54) is 12.1 Å². The number of pyridine rings is 1. The minimum atomic E-state index is -0.401. The van der Waals surface area contributed by atoms with Gasteiger partial charge in [-0.05, 0) is 30.7 Å². The topological polar surface area (TPSA) is 56.0 Å². The molecular weight excluding hydrogens is 228 g/mol. The normalized spacial score (nSPS) is 10.7. The number of hydrogen-bond donors (Lipinski definition) is 0. The lowest BCUT2D eigenvalue weighted by molar-refractivity contribution is -0.384. The van der Waals surface area contributed by atoms with Crippen LogP contribution in [0.15, 0.2) is 42.5 Å². The maximum atomic E-state index is 10.6. The predicted molar refractivity (Wildman–Crippen MR) is 71.0 cm³/mol. The molecule has 0 amide bonds. The molecule has 4 nitrogen and oxygen atoms in total. The lowest BCUT2D eigenvalue weighted by Crippen LogP contribution is -1.87.